The second-order valence-electron chi connectivity index (χ2n) is 3.74. The zero-order valence-electron chi connectivity index (χ0n) is 7.65. The van der Waals surface area contributed by atoms with Crippen LogP contribution in [0.15, 0.2) is 0 Å². The summed E-state index contributed by atoms with van der Waals surface area (Å²) in [6.07, 6.45) is 2.59. The summed E-state index contributed by atoms with van der Waals surface area (Å²) < 4.78 is 0. The predicted octanol–water partition coefficient (Wildman–Crippen LogP) is 2.27. The second-order valence-corrected chi connectivity index (χ2v) is 3.74. The van der Waals surface area contributed by atoms with Crippen molar-refractivity contribution in [3.8, 4) is 0 Å². The van der Waals surface area contributed by atoms with Gasteiger partial charge in [0.2, 0.25) is 0 Å². The van der Waals surface area contributed by atoms with Gasteiger partial charge in [-0.3, -0.25) is 4.90 Å². The number of hydrogen-bond acceptors (Lipinski definition) is 1. The van der Waals surface area contributed by atoms with Gasteiger partial charge < -0.3 is 0 Å². The topological polar surface area (TPSA) is 3.01 Å². The van der Waals surface area contributed by atoms with Gasteiger partial charge in [0, 0.05) is 18.1 Å². The molecular weight excluding hydrogens is 122 g/mol. The van der Waals surface area contributed by atoms with Crippen molar-refractivity contribution in [1.82, 2.24) is 4.90 Å². The highest BCUT2D eigenvalue weighted by Crippen LogP contribution is 2.37. The summed E-state index contributed by atoms with van der Waals surface area (Å²) in [5, 5.41) is 0. The largest absolute Gasteiger partial charge is 0.292 e. The first-order valence-corrected chi connectivity index (χ1v) is 4.40. The molecule has 1 fully saturated rings. The van der Waals surface area contributed by atoms with Crippen LogP contribution in [0.2, 0.25) is 0 Å². The molecule has 1 aliphatic heterocycles. The number of hydrogen-bond donors (Lipinski definition) is 0. The fourth-order valence-corrected chi connectivity index (χ4v) is 1.55. The third kappa shape index (κ3) is 1.20. The normalized spacial score (nSPS) is 41.4. The van der Waals surface area contributed by atoms with Crippen LogP contribution in [0.5, 0.6) is 0 Å². The molecule has 0 aromatic heterocycles. The van der Waals surface area contributed by atoms with Crippen LogP contribution in [0.4, 0.5) is 0 Å². The van der Waals surface area contributed by atoms with Gasteiger partial charge in [-0.2, -0.15) is 0 Å². The molecule has 1 heterocycles. The Morgan fingerprint density at radius 1 is 1.50 bits per heavy atom. The van der Waals surface area contributed by atoms with E-state index in [-0.39, 0.29) is 0 Å². The molecule has 0 saturated carbocycles. The van der Waals surface area contributed by atoms with Gasteiger partial charge in [0.05, 0.1) is 0 Å². The third-order valence-electron chi connectivity index (χ3n) is 2.99. The van der Waals surface area contributed by atoms with Gasteiger partial charge in [0.1, 0.15) is 0 Å². The van der Waals surface area contributed by atoms with Gasteiger partial charge in [-0.05, 0) is 26.7 Å². The van der Waals surface area contributed by atoms with E-state index in [1.807, 2.05) is 0 Å². The van der Waals surface area contributed by atoms with E-state index in [0.29, 0.717) is 5.54 Å². The molecule has 60 valence electrons. The lowest BCUT2D eigenvalue weighted by Gasteiger charge is -2.15. The van der Waals surface area contributed by atoms with Gasteiger partial charge in [-0.25, -0.2) is 0 Å². The Bertz CT molecular complexity index is 122. The molecule has 1 rings (SSSR count). The summed E-state index contributed by atoms with van der Waals surface area (Å²) in [6, 6.07) is 0.796. The van der Waals surface area contributed by atoms with Crippen LogP contribution in [-0.4, -0.2) is 23.0 Å². The molecule has 0 bridgehead atoms. The second kappa shape index (κ2) is 2.54. The Morgan fingerprint density at radius 2 is 2.10 bits per heavy atom. The highest BCUT2D eigenvalue weighted by Gasteiger charge is 2.47. The maximum Gasteiger partial charge on any atom is 0.0309 e. The first-order valence-electron chi connectivity index (χ1n) is 4.40. The molecular formula is C9H19N. The zero-order valence-corrected chi connectivity index (χ0v) is 7.65. The molecule has 0 aromatic carbocycles. The molecule has 3 unspecified atom stereocenters. The van der Waals surface area contributed by atoms with E-state index in [9.17, 15) is 0 Å². The van der Waals surface area contributed by atoms with E-state index in [0.717, 1.165) is 6.04 Å². The standard InChI is InChI=1S/C9H19N/c1-5-8(3)10-7-9(10,4)6-2/h8H,5-7H2,1-4H3. The molecule has 1 saturated heterocycles. The van der Waals surface area contributed by atoms with Crippen LogP contribution in [0.3, 0.4) is 0 Å². The van der Waals surface area contributed by atoms with Gasteiger partial charge in [-0.1, -0.05) is 13.8 Å². The monoisotopic (exact) mass is 141 g/mol. The average molecular weight is 141 g/mol. The molecule has 0 radical (unpaired) electrons. The average Bonchev–Trinajstić information content (AvgIpc) is 2.62. The fourth-order valence-electron chi connectivity index (χ4n) is 1.55. The summed E-state index contributed by atoms with van der Waals surface area (Å²) in [6.45, 7) is 10.5. The molecule has 0 aliphatic carbocycles. The Labute approximate surface area is 64.4 Å². The molecule has 1 aliphatic rings. The maximum absolute atomic E-state index is 2.59. The molecule has 0 N–H and O–H groups in total. The first kappa shape index (κ1) is 8.06. The van der Waals surface area contributed by atoms with E-state index >= 15 is 0 Å². The van der Waals surface area contributed by atoms with Crippen LogP contribution in [-0.2, 0) is 0 Å². The molecule has 0 amide bonds. The Kier molecular flexibility index (Phi) is 2.04. The summed E-state index contributed by atoms with van der Waals surface area (Å²) in [5.41, 5.74) is 0.565. The molecule has 10 heavy (non-hydrogen) atoms. The van der Waals surface area contributed by atoms with E-state index in [4.69, 9.17) is 0 Å². The maximum atomic E-state index is 2.59. The summed E-state index contributed by atoms with van der Waals surface area (Å²) in [4.78, 5) is 2.59. The van der Waals surface area contributed by atoms with Crippen LogP contribution in [0.1, 0.15) is 40.5 Å². The van der Waals surface area contributed by atoms with Gasteiger partial charge in [0.25, 0.3) is 0 Å². The van der Waals surface area contributed by atoms with Crippen molar-refractivity contribution in [2.75, 3.05) is 6.54 Å². The van der Waals surface area contributed by atoms with Crippen molar-refractivity contribution >= 4 is 0 Å². The lowest BCUT2D eigenvalue weighted by Crippen LogP contribution is -2.21. The lowest BCUT2D eigenvalue weighted by atomic mass is 10.1. The van der Waals surface area contributed by atoms with Crippen LogP contribution < -0.4 is 0 Å². The highest BCUT2D eigenvalue weighted by atomic mass is 15.4. The fraction of sp³-hybridized carbons (Fsp3) is 1.00. The Balaban J connectivity index is 2.36. The van der Waals surface area contributed by atoms with Gasteiger partial charge in [0.15, 0.2) is 0 Å². The third-order valence-corrected chi connectivity index (χ3v) is 2.99. The SMILES string of the molecule is CCC(C)N1CC1(C)CC. The van der Waals surface area contributed by atoms with Crippen molar-refractivity contribution in [2.24, 2.45) is 0 Å². The minimum Gasteiger partial charge on any atom is -0.292 e. The Hall–Kier alpha value is -0.0400. The summed E-state index contributed by atoms with van der Waals surface area (Å²) in [5.74, 6) is 0. The van der Waals surface area contributed by atoms with Crippen LogP contribution >= 0.6 is 0 Å². The summed E-state index contributed by atoms with van der Waals surface area (Å²) >= 11 is 0. The molecule has 1 heteroatoms. The van der Waals surface area contributed by atoms with E-state index in [1.54, 1.807) is 0 Å². The zero-order chi connectivity index (χ0) is 7.78. The first-order chi connectivity index (χ1) is 4.64. The van der Waals surface area contributed by atoms with Crippen molar-refractivity contribution in [1.29, 1.82) is 0 Å². The van der Waals surface area contributed by atoms with Crippen molar-refractivity contribution in [3.63, 3.8) is 0 Å². The Morgan fingerprint density at radius 3 is 2.40 bits per heavy atom. The van der Waals surface area contributed by atoms with Gasteiger partial charge >= 0.3 is 0 Å². The summed E-state index contributed by atoms with van der Waals surface area (Å²) in [7, 11) is 0. The lowest BCUT2D eigenvalue weighted by molar-refractivity contribution is 0.329. The van der Waals surface area contributed by atoms with Crippen LogP contribution in [0.25, 0.3) is 0 Å². The molecule has 3 atom stereocenters. The van der Waals surface area contributed by atoms with E-state index < -0.39 is 0 Å². The molecule has 0 spiro atoms. The van der Waals surface area contributed by atoms with Crippen molar-refractivity contribution in [3.05, 3.63) is 0 Å². The number of rotatable bonds is 3. The van der Waals surface area contributed by atoms with E-state index in [2.05, 4.69) is 32.6 Å². The molecule has 0 aromatic rings. The van der Waals surface area contributed by atoms with Crippen molar-refractivity contribution < 1.29 is 0 Å². The van der Waals surface area contributed by atoms with Gasteiger partial charge in [-0.15, -0.1) is 0 Å². The minimum atomic E-state index is 0.565. The van der Waals surface area contributed by atoms with E-state index in [1.165, 1.54) is 19.4 Å². The number of nitrogens with zero attached hydrogens (tertiary/aromatic N) is 1. The quantitative estimate of drug-likeness (QED) is 0.545. The van der Waals surface area contributed by atoms with Crippen molar-refractivity contribution in [2.45, 2.75) is 52.1 Å². The van der Waals surface area contributed by atoms with Crippen LogP contribution in [0, 0.1) is 0 Å². The minimum absolute atomic E-state index is 0.565. The smallest absolute Gasteiger partial charge is 0.0309 e. The predicted molar refractivity (Wildman–Crippen MR) is 45.2 cm³/mol. The molecule has 1 nitrogen and oxygen atoms in total. The highest BCUT2D eigenvalue weighted by molar-refractivity contribution is 5.04.